The van der Waals surface area contributed by atoms with Crippen molar-refractivity contribution in [2.24, 2.45) is 0 Å². The van der Waals surface area contributed by atoms with Crippen LogP contribution in [0.3, 0.4) is 0 Å². The summed E-state index contributed by atoms with van der Waals surface area (Å²) < 4.78 is 0. The van der Waals surface area contributed by atoms with E-state index in [0.29, 0.717) is 12.1 Å². The lowest BCUT2D eigenvalue weighted by Crippen LogP contribution is -2.24. The quantitative estimate of drug-likeness (QED) is 0.772. The first-order valence-corrected chi connectivity index (χ1v) is 5.73. The Morgan fingerprint density at radius 1 is 1.47 bits per heavy atom. The highest BCUT2D eigenvalue weighted by Gasteiger charge is 2.24. The van der Waals surface area contributed by atoms with Gasteiger partial charge in [-0.25, -0.2) is 0 Å². The number of hydrogen-bond donors (Lipinski definition) is 2. The van der Waals surface area contributed by atoms with E-state index in [1.165, 1.54) is 24.0 Å². The number of rotatable bonds is 5. The van der Waals surface area contributed by atoms with Gasteiger partial charge >= 0.3 is 0 Å². The highest BCUT2D eigenvalue weighted by Crippen LogP contribution is 2.26. The Labute approximate surface area is 91.3 Å². The molecule has 0 heterocycles. The lowest BCUT2D eigenvalue weighted by atomic mass is 10.0. The fourth-order valence-corrected chi connectivity index (χ4v) is 1.90. The second-order valence-corrected chi connectivity index (χ2v) is 4.42. The molecule has 1 aromatic rings. The summed E-state index contributed by atoms with van der Waals surface area (Å²) in [6.07, 6.45) is 3.38. The smallest absolute Gasteiger partial charge is 0.0449 e. The zero-order chi connectivity index (χ0) is 10.7. The van der Waals surface area contributed by atoms with Crippen LogP contribution in [0.1, 0.15) is 36.4 Å². The van der Waals surface area contributed by atoms with E-state index in [4.69, 9.17) is 5.11 Å². The molecule has 15 heavy (non-hydrogen) atoms. The van der Waals surface area contributed by atoms with E-state index in [0.717, 1.165) is 6.42 Å². The number of aliphatic hydroxyl groups is 1. The Balaban J connectivity index is 2.07. The largest absolute Gasteiger partial charge is 0.396 e. The van der Waals surface area contributed by atoms with Gasteiger partial charge in [0.1, 0.15) is 0 Å². The average Bonchev–Trinajstić information content (AvgIpc) is 3.01. The molecule has 0 aliphatic heterocycles. The predicted molar refractivity (Wildman–Crippen MR) is 61.8 cm³/mol. The molecule has 0 saturated heterocycles. The third-order valence-electron chi connectivity index (χ3n) is 2.88. The van der Waals surface area contributed by atoms with Crippen LogP contribution < -0.4 is 5.32 Å². The van der Waals surface area contributed by atoms with Crippen LogP contribution in [-0.2, 0) is 0 Å². The van der Waals surface area contributed by atoms with Crippen LogP contribution in [-0.4, -0.2) is 17.8 Å². The number of benzene rings is 1. The van der Waals surface area contributed by atoms with Crippen molar-refractivity contribution in [3.63, 3.8) is 0 Å². The summed E-state index contributed by atoms with van der Waals surface area (Å²) in [7, 11) is 0. The maximum atomic E-state index is 9.06. The monoisotopic (exact) mass is 205 g/mol. The second kappa shape index (κ2) is 4.77. The van der Waals surface area contributed by atoms with Gasteiger partial charge in [0.15, 0.2) is 0 Å². The molecule has 0 spiro atoms. The Hall–Kier alpha value is -0.860. The Kier molecular flexibility index (Phi) is 3.39. The van der Waals surface area contributed by atoms with Gasteiger partial charge in [-0.05, 0) is 31.7 Å². The van der Waals surface area contributed by atoms with Gasteiger partial charge in [-0.15, -0.1) is 0 Å². The molecule has 1 saturated carbocycles. The second-order valence-electron chi connectivity index (χ2n) is 4.42. The summed E-state index contributed by atoms with van der Waals surface area (Å²) in [5, 5.41) is 12.6. The molecule has 2 nitrogen and oxygen atoms in total. The Morgan fingerprint density at radius 2 is 2.27 bits per heavy atom. The minimum atomic E-state index is 0.248. The van der Waals surface area contributed by atoms with Crippen LogP contribution in [0, 0.1) is 6.92 Å². The van der Waals surface area contributed by atoms with Gasteiger partial charge in [-0.2, -0.15) is 0 Å². The number of nitrogens with one attached hydrogen (secondary N) is 1. The van der Waals surface area contributed by atoms with E-state index in [1.54, 1.807) is 0 Å². The lowest BCUT2D eigenvalue weighted by molar-refractivity contribution is 0.265. The molecule has 1 aliphatic rings. The lowest BCUT2D eigenvalue weighted by Gasteiger charge is -2.18. The van der Waals surface area contributed by atoms with E-state index in [1.807, 2.05) is 0 Å². The van der Waals surface area contributed by atoms with Crippen LogP contribution in [0.2, 0.25) is 0 Å². The van der Waals surface area contributed by atoms with Gasteiger partial charge in [-0.3, -0.25) is 0 Å². The molecule has 0 amide bonds. The van der Waals surface area contributed by atoms with Crippen LogP contribution >= 0.6 is 0 Å². The normalized spacial score (nSPS) is 17.7. The average molecular weight is 205 g/mol. The molecule has 1 unspecified atom stereocenters. The maximum absolute atomic E-state index is 9.06. The summed E-state index contributed by atoms with van der Waals surface area (Å²) in [6, 6.07) is 9.54. The van der Waals surface area contributed by atoms with Gasteiger partial charge in [0.05, 0.1) is 0 Å². The molecular formula is C13H19NO. The number of hydrogen-bond acceptors (Lipinski definition) is 2. The summed E-state index contributed by atoms with van der Waals surface area (Å²) >= 11 is 0. The number of aliphatic hydroxyl groups excluding tert-OH is 1. The zero-order valence-corrected chi connectivity index (χ0v) is 9.24. The summed E-state index contributed by atoms with van der Waals surface area (Å²) in [5.74, 6) is 0. The molecule has 1 aromatic carbocycles. The molecule has 0 bridgehead atoms. The van der Waals surface area contributed by atoms with Gasteiger partial charge in [0.25, 0.3) is 0 Å². The Morgan fingerprint density at radius 3 is 2.87 bits per heavy atom. The Bertz CT molecular complexity index is 320. The molecule has 1 atom stereocenters. The minimum Gasteiger partial charge on any atom is -0.396 e. The molecule has 1 fully saturated rings. The van der Waals surface area contributed by atoms with Crippen molar-refractivity contribution in [3.05, 3.63) is 35.4 Å². The van der Waals surface area contributed by atoms with Crippen LogP contribution in [0.5, 0.6) is 0 Å². The molecule has 1 aliphatic carbocycles. The highest BCUT2D eigenvalue weighted by atomic mass is 16.3. The third-order valence-corrected chi connectivity index (χ3v) is 2.88. The molecule has 2 heteroatoms. The maximum Gasteiger partial charge on any atom is 0.0449 e. The summed E-state index contributed by atoms with van der Waals surface area (Å²) in [4.78, 5) is 0. The first-order valence-electron chi connectivity index (χ1n) is 5.73. The van der Waals surface area contributed by atoms with Gasteiger partial charge in [0.2, 0.25) is 0 Å². The first kappa shape index (κ1) is 10.7. The van der Waals surface area contributed by atoms with Gasteiger partial charge in [0, 0.05) is 18.7 Å². The van der Waals surface area contributed by atoms with Crippen molar-refractivity contribution >= 4 is 0 Å². The molecule has 0 aromatic heterocycles. The molecule has 0 radical (unpaired) electrons. The van der Waals surface area contributed by atoms with E-state index in [9.17, 15) is 0 Å². The standard InChI is InChI=1S/C13H19NO/c1-10-3-2-4-11(9-10)13(7-8-15)14-12-5-6-12/h2-4,9,12-15H,5-8H2,1H3. The zero-order valence-electron chi connectivity index (χ0n) is 9.24. The van der Waals surface area contributed by atoms with Crippen LogP contribution in [0.15, 0.2) is 24.3 Å². The third kappa shape index (κ3) is 3.05. The predicted octanol–water partition coefficient (Wildman–Crippen LogP) is 2.17. The summed E-state index contributed by atoms with van der Waals surface area (Å²) in [6.45, 7) is 2.36. The van der Waals surface area contributed by atoms with Crippen molar-refractivity contribution in [1.82, 2.24) is 5.32 Å². The van der Waals surface area contributed by atoms with Gasteiger partial charge in [-0.1, -0.05) is 29.8 Å². The SMILES string of the molecule is Cc1cccc(C(CCO)NC2CC2)c1. The first-order chi connectivity index (χ1) is 7.29. The van der Waals surface area contributed by atoms with Crippen LogP contribution in [0.25, 0.3) is 0 Å². The molecule has 82 valence electrons. The molecular weight excluding hydrogens is 186 g/mol. The van der Waals surface area contributed by atoms with E-state index < -0.39 is 0 Å². The molecule has 2 N–H and O–H groups in total. The number of aryl methyl sites for hydroxylation is 1. The van der Waals surface area contributed by atoms with Crippen molar-refractivity contribution < 1.29 is 5.11 Å². The van der Waals surface area contributed by atoms with Crippen molar-refractivity contribution in [3.8, 4) is 0 Å². The van der Waals surface area contributed by atoms with E-state index in [2.05, 4.69) is 36.5 Å². The fraction of sp³-hybridized carbons (Fsp3) is 0.538. The topological polar surface area (TPSA) is 32.3 Å². The van der Waals surface area contributed by atoms with Crippen molar-refractivity contribution in [2.45, 2.75) is 38.3 Å². The van der Waals surface area contributed by atoms with E-state index in [-0.39, 0.29) is 6.61 Å². The van der Waals surface area contributed by atoms with Crippen LogP contribution in [0.4, 0.5) is 0 Å². The highest BCUT2D eigenvalue weighted by molar-refractivity contribution is 5.25. The molecule has 2 rings (SSSR count). The summed E-state index contributed by atoms with van der Waals surface area (Å²) in [5.41, 5.74) is 2.59. The minimum absolute atomic E-state index is 0.248. The van der Waals surface area contributed by atoms with Crippen molar-refractivity contribution in [2.75, 3.05) is 6.61 Å². The van der Waals surface area contributed by atoms with E-state index >= 15 is 0 Å². The fourth-order valence-electron chi connectivity index (χ4n) is 1.90. The van der Waals surface area contributed by atoms with Gasteiger partial charge < -0.3 is 10.4 Å². The van der Waals surface area contributed by atoms with Crippen molar-refractivity contribution in [1.29, 1.82) is 0 Å².